The Morgan fingerprint density at radius 3 is 2.34 bits per heavy atom. The summed E-state index contributed by atoms with van der Waals surface area (Å²) in [6.45, 7) is 10.1. The van der Waals surface area contributed by atoms with Gasteiger partial charge < -0.3 is 35.1 Å². The molecule has 0 spiro atoms. The normalized spacial score (nSPS) is 21.0. The van der Waals surface area contributed by atoms with E-state index in [4.69, 9.17) is 4.74 Å². The average Bonchev–Trinajstić information content (AvgIpc) is 3.32. The summed E-state index contributed by atoms with van der Waals surface area (Å²) in [7, 11) is 1.72. The number of hydrogen-bond donors (Lipinski definition) is 3. The average molecular weight is 687 g/mol. The minimum absolute atomic E-state index is 0.00338. The molecule has 50 heavy (non-hydrogen) atoms. The molecule has 0 bridgehead atoms. The summed E-state index contributed by atoms with van der Waals surface area (Å²) < 4.78 is 7.78. The molecule has 4 amide bonds. The molecule has 2 aromatic carbocycles. The van der Waals surface area contributed by atoms with Gasteiger partial charge in [0.2, 0.25) is 0 Å². The van der Waals surface area contributed by atoms with E-state index in [-0.39, 0.29) is 23.7 Å². The van der Waals surface area contributed by atoms with Crippen LogP contribution in [0.5, 0.6) is 0 Å². The summed E-state index contributed by atoms with van der Waals surface area (Å²) in [6, 6.07) is 12.2. The van der Waals surface area contributed by atoms with E-state index in [1.807, 2.05) is 60.0 Å². The number of carbonyl (C=O) groups excluding carboxylic acids is 3. The Hall–Kier alpha value is -4.36. The molecule has 4 aliphatic heterocycles. The second-order valence-electron chi connectivity index (χ2n) is 14.4. The van der Waals surface area contributed by atoms with Crippen molar-refractivity contribution in [2.24, 2.45) is 7.05 Å². The molecule has 0 radical (unpaired) electrons. The van der Waals surface area contributed by atoms with Crippen LogP contribution in [-0.4, -0.2) is 124 Å². The van der Waals surface area contributed by atoms with Crippen molar-refractivity contribution >= 4 is 34.8 Å². The zero-order chi connectivity index (χ0) is 34.9. The number of rotatable bonds is 6. The van der Waals surface area contributed by atoms with Crippen LogP contribution in [0.2, 0.25) is 0 Å². The van der Waals surface area contributed by atoms with Gasteiger partial charge in [-0.25, -0.2) is 14.4 Å². The van der Waals surface area contributed by atoms with Gasteiger partial charge in [0, 0.05) is 76.5 Å². The highest BCUT2D eigenvalue weighted by Gasteiger charge is 2.39. The standard InChI is InChI=1S/C37H50N8O5/c1-24-22-27(23-31-32(24)40-35(47)41(31)3)25(2)33(34(46)43-20-18-42(19-21-43)28-8-13-38-14-9-28)50-37(49)44-15-11-29(12-16-44)45-17-10-26-6-4-5-7-30(26)39-36(45)48/h4-7,22-23,25,28-29,33,38H,8-21H2,1-3H3,(H,39,48)(H,40,47). The molecule has 0 saturated carbocycles. The summed E-state index contributed by atoms with van der Waals surface area (Å²) in [5, 5.41) is 6.49. The molecular formula is C37H50N8O5. The van der Waals surface area contributed by atoms with Crippen molar-refractivity contribution < 1.29 is 19.1 Å². The van der Waals surface area contributed by atoms with Crippen molar-refractivity contribution in [3.05, 3.63) is 63.6 Å². The minimum atomic E-state index is -1.03. The molecule has 268 valence electrons. The van der Waals surface area contributed by atoms with Crippen molar-refractivity contribution in [2.45, 2.75) is 70.1 Å². The highest BCUT2D eigenvalue weighted by atomic mass is 16.6. The first-order chi connectivity index (χ1) is 24.2. The summed E-state index contributed by atoms with van der Waals surface area (Å²) in [6.07, 6.45) is 2.71. The Morgan fingerprint density at radius 2 is 1.60 bits per heavy atom. The van der Waals surface area contributed by atoms with Gasteiger partial charge in [-0.2, -0.15) is 0 Å². The number of amides is 4. The van der Waals surface area contributed by atoms with Crippen LogP contribution in [0.15, 0.2) is 41.2 Å². The highest BCUT2D eigenvalue weighted by molar-refractivity contribution is 5.91. The van der Waals surface area contributed by atoms with Crippen molar-refractivity contribution in [3.63, 3.8) is 0 Å². The van der Waals surface area contributed by atoms with Gasteiger partial charge in [-0.1, -0.05) is 31.2 Å². The number of anilines is 1. The molecule has 5 heterocycles. The molecule has 3 saturated heterocycles. The molecule has 2 unspecified atom stereocenters. The number of fused-ring (bicyclic) bond motifs is 2. The predicted octanol–water partition coefficient (Wildman–Crippen LogP) is 3.23. The number of benzene rings is 2. The van der Waals surface area contributed by atoms with E-state index >= 15 is 0 Å². The van der Waals surface area contributed by atoms with Crippen LogP contribution in [0.25, 0.3) is 11.0 Å². The number of aromatic amines is 1. The lowest BCUT2D eigenvalue weighted by molar-refractivity contribution is -0.144. The van der Waals surface area contributed by atoms with Crippen molar-refractivity contribution in [3.8, 4) is 0 Å². The number of piperidine rings is 2. The van der Waals surface area contributed by atoms with Gasteiger partial charge in [-0.15, -0.1) is 0 Å². The second-order valence-corrected chi connectivity index (χ2v) is 14.4. The summed E-state index contributed by atoms with van der Waals surface area (Å²) >= 11 is 0. The molecule has 3 N–H and O–H groups in total. The predicted molar refractivity (Wildman–Crippen MR) is 191 cm³/mol. The third-order valence-electron chi connectivity index (χ3n) is 11.4. The number of aromatic nitrogens is 2. The van der Waals surface area contributed by atoms with E-state index in [2.05, 4.69) is 20.5 Å². The fourth-order valence-electron chi connectivity index (χ4n) is 8.27. The van der Waals surface area contributed by atoms with E-state index in [9.17, 15) is 19.2 Å². The number of H-pyrrole nitrogens is 1. The molecule has 7 rings (SSSR count). The maximum atomic E-state index is 14.3. The van der Waals surface area contributed by atoms with Crippen LogP contribution in [-0.2, 0) is 23.0 Å². The first-order valence-electron chi connectivity index (χ1n) is 18.2. The molecule has 3 fully saturated rings. The number of hydrogen-bond acceptors (Lipinski definition) is 7. The lowest BCUT2D eigenvalue weighted by Crippen LogP contribution is -2.56. The molecule has 13 nitrogen and oxygen atoms in total. The number of imidazole rings is 1. The zero-order valence-electron chi connectivity index (χ0n) is 29.5. The monoisotopic (exact) mass is 686 g/mol. The summed E-state index contributed by atoms with van der Waals surface area (Å²) in [5.74, 6) is -0.644. The molecule has 0 aliphatic carbocycles. The van der Waals surface area contributed by atoms with Crippen molar-refractivity contribution in [1.82, 2.24) is 34.5 Å². The van der Waals surface area contributed by atoms with E-state index in [0.717, 1.165) is 78.9 Å². The van der Waals surface area contributed by atoms with Gasteiger partial charge in [-0.3, -0.25) is 14.3 Å². The Balaban J connectivity index is 1.05. The van der Waals surface area contributed by atoms with Crippen molar-refractivity contribution in [2.75, 3.05) is 64.2 Å². The van der Waals surface area contributed by atoms with E-state index in [1.54, 1.807) is 16.5 Å². The fraction of sp³-hybridized carbons (Fsp3) is 0.568. The first-order valence-corrected chi connectivity index (χ1v) is 18.2. The molecule has 3 aromatic rings. The number of likely N-dealkylation sites (tertiary alicyclic amines) is 1. The summed E-state index contributed by atoms with van der Waals surface area (Å²) in [4.78, 5) is 64.6. The number of carbonyl (C=O) groups is 3. The van der Waals surface area contributed by atoms with Gasteiger partial charge in [0.05, 0.1) is 11.0 Å². The maximum absolute atomic E-state index is 14.3. The summed E-state index contributed by atoms with van der Waals surface area (Å²) in [5.41, 5.74) is 4.99. The third kappa shape index (κ3) is 6.85. The number of ether oxygens (including phenoxy) is 1. The molecular weight excluding hydrogens is 636 g/mol. The van der Waals surface area contributed by atoms with Gasteiger partial charge >= 0.3 is 17.8 Å². The van der Waals surface area contributed by atoms with Crippen LogP contribution in [0.4, 0.5) is 15.3 Å². The molecule has 13 heteroatoms. The van der Waals surface area contributed by atoms with Gasteiger partial charge in [-0.05, 0) is 80.9 Å². The number of para-hydroxylation sites is 1. The minimum Gasteiger partial charge on any atom is -0.435 e. The Labute approximate surface area is 292 Å². The number of piperazine rings is 1. The zero-order valence-corrected chi connectivity index (χ0v) is 29.5. The smallest absolute Gasteiger partial charge is 0.410 e. The lowest BCUT2D eigenvalue weighted by Gasteiger charge is -2.42. The fourth-order valence-corrected chi connectivity index (χ4v) is 8.27. The van der Waals surface area contributed by atoms with Gasteiger partial charge in [0.25, 0.3) is 5.91 Å². The number of nitrogens with one attached hydrogen (secondary N) is 3. The topological polar surface area (TPSA) is 135 Å². The van der Waals surface area contributed by atoms with Crippen LogP contribution in [0.1, 0.15) is 55.2 Å². The molecule has 1 aromatic heterocycles. The van der Waals surface area contributed by atoms with Crippen LogP contribution >= 0.6 is 0 Å². The Bertz CT molecular complexity index is 1780. The van der Waals surface area contributed by atoms with E-state index < -0.39 is 18.1 Å². The lowest BCUT2D eigenvalue weighted by atomic mass is 9.92. The van der Waals surface area contributed by atoms with Crippen LogP contribution < -0.4 is 16.3 Å². The van der Waals surface area contributed by atoms with E-state index in [0.29, 0.717) is 51.6 Å². The quantitative estimate of drug-likeness (QED) is 0.363. The van der Waals surface area contributed by atoms with Crippen molar-refractivity contribution in [1.29, 1.82) is 0 Å². The largest absolute Gasteiger partial charge is 0.435 e. The third-order valence-corrected chi connectivity index (χ3v) is 11.4. The SMILES string of the molecule is Cc1cc(C(C)C(OC(=O)N2CCC(N3CCc4ccccc4NC3=O)CC2)C(=O)N2CCN(C3CCNCC3)CC2)cc2c1[nH]c(=O)n2C. The van der Waals surface area contributed by atoms with Gasteiger partial charge in [0.15, 0.2) is 6.10 Å². The maximum Gasteiger partial charge on any atom is 0.410 e. The van der Waals surface area contributed by atoms with Crippen LogP contribution in [0, 0.1) is 6.92 Å². The molecule has 4 aliphatic rings. The number of urea groups is 1. The van der Waals surface area contributed by atoms with E-state index in [1.165, 1.54) is 0 Å². The number of nitrogens with zero attached hydrogens (tertiary/aromatic N) is 5. The van der Waals surface area contributed by atoms with Crippen LogP contribution in [0.3, 0.4) is 0 Å². The second kappa shape index (κ2) is 14.5. The Kier molecular flexibility index (Phi) is 9.87. The first kappa shape index (κ1) is 34.1. The Morgan fingerprint density at radius 1 is 0.880 bits per heavy atom. The molecule has 2 atom stereocenters. The van der Waals surface area contributed by atoms with Gasteiger partial charge in [0.1, 0.15) is 0 Å². The number of aryl methyl sites for hydroxylation is 2. The highest BCUT2D eigenvalue weighted by Crippen LogP contribution is 2.30.